The smallest absolute Gasteiger partial charge is 0.308 e. The molecule has 0 spiro atoms. The molecule has 4 bridgehead atoms. The van der Waals surface area contributed by atoms with Crippen LogP contribution in [0.3, 0.4) is 0 Å². The Morgan fingerprint density at radius 1 is 1.10 bits per heavy atom. The number of amides is 1. The van der Waals surface area contributed by atoms with Crippen molar-refractivity contribution in [3.8, 4) is 0 Å². The molecular formula is C16H25NO3. The maximum atomic E-state index is 12.5. The minimum absolute atomic E-state index is 0.124. The van der Waals surface area contributed by atoms with E-state index in [0.717, 1.165) is 11.8 Å². The standard InChI is InChI=1S/C16H25NO3/c1-2-11(16(19)20)8-17-15(18)14-12-4-9-3-10(6-12)7-13(14)5-9/h9-14H,2-8H2,1H3,(H,17,18)(H,19,20). The summed E-state index contributed by atoms with van der Waals surface area (Å²) in [5.74, 6) is 1.89. The van der Waals surface area contributed by atoms with Crippen molar-refractivity contribution in [3.63, 3.8) is 0 Å². The molecule has 0 aliphatic heterocycles. The third-order valence-electron chi connectivity index (χ3n) is 5.89. The number of hydrogen-bond donors (Lipinski definition) is 2. The van der Waals surface area contributed by atoms with Gasteiger partial charge >= 0.3 is 5.97 Å². The van der Waals surface area contributed by atoms with Crippen LogP contribution in [0.2, 0.25) is 0 Å². The van der Waals surface area contributed by atoms with Gasteiger partial charge in [0.15, 0.2) is 0 Å². The number of carboxylic acids is 1. The molecule has 20 heavy (non-hydrogen) atoms. The van der Waals surface area contributed by atoms with Gasteiger partial charge in [-0.2, -0.15) is 0 Å². The van der Waals surface area contributed by atoms with Crippen LogP contribution in [0.4, 0.5) is 0 Å². The number of carbonyl (C=O) groups excluding carboxylic acids is 1. The summed E-state index contributed by atoms with van der Waals surface area (Å²) in [6.07, 6.45) is 6.85. The normalized spacial score (nSPS) is 39.5. The average molecular weight is 279 g/mol. The lowest BCUT2D eigenvalue weighted by Gasteiger charge is -2.53. The monoisotopic (exact) mass is 279 g/mol. The van der Waals surface area contributed by atoms with Crippen LogP contribution in [-0.4, -0.2) is 23.5 Å². The molecule has 0 aromatic rings. The molecule has 4 heteroatoms. The minimum Gasteiger partial charge on any atom is -0.481 e. The summed E-state index contributed by atoms with van der Waals surface area (Å²) in [6, 6.07) is 0. The number of carboxylic acid groups (broad SMARTS) is 1. The molecule has 1 atom stereocenters. The van der Waals surface area contributed by atoms with Gasteiger partial charge in [-0.1, -0.05) is 6.92 Å². The highest BCUT2D eigenvalue weighted by Gasteiger charge is 2.50. The quantitative estimate of drug-likeness (QED) is 0.811. The summed E-state index contributed by atoms with van der Waals surface area (Å²) in [5.41, 5.74) is 0. The first kappa shape index (κ1) is 13.9. The number of rotatable bonds is 5. The molecule has 0 aromatic carbocycles. The van der Waals surface area contributed by atoms with Gasteiger partial charge in [0.1, 0.15) is 0 Å². The molecule has 4 nitrogen and oxygen atoms in total. The summed E-state index contributed by atoms with van der Waals surface area (Å²) < 4.78 is 0. The van der Waals surface area contributed by atoms with Gasteiger partial charge in [0.25, 0.3) is 0 Å². The number of hydrogen-bond acceptors (Lipinski definition) is 2. The molecule has 4 rings (SSSR count). The molecule has 0 aromatic heterocycles. The summed E-state index contributed by atoms with van der Waals surface area (Å²) in [4.78, 5) is 23.5. The van der Waals surface area contributed by atoms with Crippen LogP contribution >= 0.6 is 0 Å². The molecule has 4 saturated carbocycles. The first-order chi connectivity index (χ1) is 9.58. The van der Waals surface area contributed by atoms with Gasteiger partial charge in [-0.25, -0.2) is 0 Å². The van der Waals surface area contributed by atoms with E-state index in [1.165, 1.54) is 32.1 Å². The van der Waals surface area contributed by atoms with Gasteiger partial charge in [-0.05, 0) is 62.2 Å². The van der Waals surface area contributed by atoms with Gasteiger partial charge < -0.3 is 10.4 Å². The van der Waals surface area contributed by atoms with E-state index >= 15 is 0 Å². The summed E-state index contributed by atoms with van der Waals surface area (Å²) in [6.45, 7) is 2.14. The van der Waals surface area contributed by atoms with Crippen LogP contribution < -0.4 is 5.32 Å². The molecule has 0 radical (unpaired) electrons. The van der Waals surface area contributed by atoms with Crippen molar-refractivity contribution < 1.29 is 14.7 Å². The fraction of sp³-hybridized carbons (Fsp3) is 0.875. The Labute approximate surface area is 120 Å². The molecule has 1 amide bonds. The summed E-state index contributed by atoms with van der Waals surface area (Å²) >= 11 is 0. The predicted octanol–water partition coefficient (Wildman–Crippen LogP) is 2.29. The lowest BCUT2D eigenvalue weighted by molar-refractivity contribution is -0.142. The minimum atomic E-state index is -0.808. The van der Waals surface area contributed by atoms with E-state index in [9.17, 15) is 9.59 Å². The van der Waals surface area contributed by atoms with E-state index in [4.69, 9.17) is 5.11 Å². The summed E-state index contributed by atoms with van der Waals surface area (Å²) in [7, 11) is 0. The molecule has 0 heterocycles. The first-order valence-corrected chi connectivity index (χ1v) is 8.09. The van der Waals surface area contributed by atoms with Crippen LogP contribution in [-0.2, 0) is 9.59 Å². The fourth-order valence-electron chi connectivity index (χ4n) is 5.10. The van der Waals surface area contributed by atoms with Gasteiger partial charge in [0.2, 0.25) is 5.91 Å². The number of carbonyl (C=O) groups is 2. The van der Waals surface area contributed by atoms with Gasteiger partial charge in [-0.3, -0.25) is 9.59 Å². The highest BCUT2D eigenvalue weighted by atomic mass is 16.4. The predicted molar refractivity (Wildman–Crippen MR) is 75.0 cm³/mol. The van der Waals surface area contributed by atoms with Crippen molar-refractivity contribution in [1.82, 2.24) is 5.32 Å². The Morgan fingerprint density at radius 3 is 2.10 bits per heavy atom. The number of nitrogens with one attached hydrogen (secondary N) is 1. The third kappa shape index (κ3) is 2.45. The van der Waals surface area contributed by atoms with Crippen molar-refractivity contribution in [3.05, 3.63) is 0 Å². The van der Waals surface area contributed by atoms with E-state index in [0.29, 0.717) is 18.3 Å². The van der Waals surface area contributed by atoms with Crippen molar-refractivity contribution in [2.75, 3.05) is 6.54 Å². The summed E-state index contributed by atoms with van der Waals surface area (Å²) in [5, 5.41) is 12.0. The van der Waals surface area contributed by atoms with Crippen LogP contribution in [0, 0.1) is 35.5 Å². The van der Waals surface area contributed by atoms with Crippen molar-refractivity contribution in [2.24, 2.45) is 35.5 Å². The zero-order valence-corrected chi connectivity index (χ0v) is 12.2. The Hall–Kier alpha value is -1.06. The second kappa shape index (κ2) is 5.38. The fourth-order valence-corrected chi connectivity index (χ4v) is 5.10. The third-order valence-corrected chi connectivity index (χ3v) is 5.89. The van der Waals surface area contributed by atoms with E-state index in [-0.39, 0.29) is 18.4 Å². The van der Waals surface area contributed by atoms with Crippen molar-refractivity contribution in [2.45, 2.75) is 45.4 Å². The molecule has 2 N–H and O–H groups in total. The molecule has 112 valence electrons. The van der Waals surface area contributed by atoms with Crippen LogP contribution in [0.25, 0.3) is 0 Å². The van der Waals surface area contributed by atoms with E-state index < -0.39 is 11.9 Å². The topological polar surface area (TPSA) is 66.4 Å². The highest BCUT2D eigenvalue weighted by molar-refractivity contribution is 5.80. The SMILES string of the molecule is CCC(CNC(=O)C1C2CC3CC(C2)CC1C3)C(=O)O. The Kier molecular flexibility index (Phi) is 3.74. The molecule has 4 aliphatic rings. The molecule has 4 aliphatic carbocycles. The number of aliphatic carboxylic acids is 1. The van der Waals surface area contributed by atoms with Gasteiger partial charge in [0, 0.05) is 12.5 Å². The lowest BCUT2D eigenvalue weighted by Crippen LogP contribution is -2.51. The second-order valence-corrected chi connectivity index (χ2v) is 7.15. The van der Waals surface area contributed by atoms with Crippen molar-refractivity contribution in [1.29, 1.82) is 0 Å². The van der Waals surface area contributed by atoms with E-state index in [1.54, 1.807) is 0 Å². The molecular weight excluding hydrogens is 254 g/mol. The zero-order valence-electron chi connectivity index (χ0n) is 12.2. The largest absolute Gasteiger partial charge is 0.481 e. The van der Waals surface area contributed by atoms with Gasteiger partial charge in [-0.15, -0.1) is 0 Å². The first-order valence-electron chi connectivity index (χ1n) is 8.09. The van der Waals surface area contributed by atoms with Crippen molar-refractivity contribution >= 4 is 11.9 Å². The lowest BCUT2D eigenvalue weighted by atomic mass is 9.51. The molecule has 1 unspecified atom stereocenters. The van der Waals surface area contributed by atoms with Crippen LogP contribution in [0.5, 0.6) is 0 Å². The van der Waals surface area contributed by atoms with E-state index in [1.807, 2.05) is 6.92 Å². The van der Waals surface area contributed by atoms with Gasteiger partial charge in [0.05, 0.1) is 5.92 Å². The maximum absolute atomic E-state index is 12.5. The Bertz CT molecular complexity index is 379. The van der Waals surface area contributed by atoms with Crippen LogP contribution in [0.15, 0.2) is 0 Å². The average Bonchev–Trinajstić information content (AvgIpc) is 2.37. The molecule has 4 fully saturated rings. The maximum Gasteiger partial charge on any atom is 0.308 e. The Balaban J connectivity index is 1.59. The zero-order chi connectivity index (χ0) is 14.3. The second-order valence-electron chi connectivity index (χ2n) is 7.15. The molecule has 0 saturated heterocycles. The highest BCUT2D eigenvalue weighted by Crippen LogP contribution is 2.56. The van der Waals surface area contributed by atoms with E-state index in [2.05, 4.69) is 5.32 Å². The van der Waals surface area contributed by atoms with Crippen LogP contribution in [0.1, 0.15) is 45.4 Å². The Morgan fingerprint density at radius 2 is 1.65 bits per heavy atom.